The Morgan fingerprint density at radius 1 is 1.00 bits per heavy atom. The molecule has 0 unspecified atom stereocenters. The SMILES string of the molecule is O=S(=O)(c1ccccc1Cl)N1CCC(Nc2cc(-c3ccccc3Cl)nc3c(Br)cnn23)CC1. The zero-order valence-electron chi connectivity index (χ0n) is 17.8. The third kappa shape index (κ3) is 4.43. The number of benzene rings is 2. The Hall–Kier alpha value is -2.17. The van der Waals surface area contributed by atoms with E-state index >= 15 is 0 Å². The summed E-state index contributed by atoms with van der Waals surface area (Å²) in [6, 6.07) is 16.1. The van der Waals surface area contributed by atoms with E-state index in [0.29, 0.717) is 36.6 Å². The van der Waals surface area contributed by atoms with E-state index in [0.717, 1.165) is 21.5 Å². The molecule has 5 rings (SSSR count). The molecule has 1 aliphatic rings. The van der Waals surface area contributed by atoms with E-state index in [9.17, 15) is 8.42 Å². The molecule has 176 valence electrons. The molecule has 0 bridgehead atoms. The first-order valence-electron chi connectivity index (χ1n) is 10.6. The third-order valence-electron chi connectivity index (χ3n) is 5.84. The molecule has 11 heteroatoms. The van der Waals surface area contributed by atoms with Gasteiger partial charge in [0.15, 0.2) is 5.65 Å². The second-order valence-corrected chi connectivity index (χ2v) is 11.6. The largest absolute Gasteiger partial charge is 0.367 e. The van der Waals surface area contributed by atoms with Crippen LogP contribution in [0, 0.1) is 0 Å². The molecule has 34 heavy (non-hydrogen) atoms. The highest BCUT2D eigenvalue weighted by molar-refractivity contribution is 9.10. The van der Waals surface area contributed by atoms with Crippen molar-refractivity contribution in [2.45, 2.75) is 23.8 Å². The Labute approximate surface area is 215 Å². The molecular formula is C23H20BrCl2N5O2S. The quantitative estimate of drug-likeness (QED) is 0.326. The number of aromatic nitrogens is 3. The summed E-state index contributed by atoms with van der Waals surface area (Å²) in [6.07, 6.45) is 2.97. The maximum absolute atomic E-state index is 13.1. The van der Waals surface area contributed by atoms with E-state index in [2.05, 4.69) is 26.3 Å². The molecule has 0 amide bonds. The average molecular weight is 581 g/mol. The highest BCUT2D eigenvalue weighted by Crippen LogP contribution is 2.32. The number of halogens is 3. The zero-order valence-corrected chi connectivity index (χ0v) is 21.7. The predicted octanol–water partition coefficient (Wildman–Crippen LogP) is 5.73. The molecule has 0 radical (unpaired) electrons. The Morgan fingerprint density at radius 3 is 2.38 bits per heavy atom. The number of nitrogens with one attached hydrogen (secondary N) is 1. The second-order valence-electron chi connectivity index (χ2n) is 7.99. The number of rotatable bonds is 5. The summed E-state index contributed by atoms with van der Waals surface area (Å²) in [5, 5.41) is 8.82. The van der Waals surface area contributed by atoms with Crippen molar-refractivity contribution in [3.63, 3.8) is 0 Å². The highest BCUT2D eigenvalue weighted by atomic mass is 79.9. The molecule has 1 aliphatic heterocycles. The van der Waals surface area contributed by atoms with Crippen LogP contribution in [0.1, 0.15) is 12.8 Å². The van der Waals surface area contributed by atoms with Crippen LogP contribution < -0.4 is 5.32 Å². The summed E-state index contributed by atoms with van der Waals surface area (Å²) >= 11 is 16.1. The summed E-state index contributed by atoms with van der Waals surface area (Å²) < 4.78 is 30.1. The number of piperidine rings is 1. The first-order valence-corrected chi connectivity index (χ1v) is 13.6. The highest BCUT2D eigenvalue weighted by Gasteiger charge is 2.31. The van der Waals surface area contributed by atoms with Crippen LogP contribution in [0.2, 0.25) is 10.0 Å². The predicted molar refractivity (Wildman–Crippen MR) is 138 cm³/mol. The normalized spacial score (nSPS) is 15.6. The molecule has 0 spiro atoms. The van der Waals surface area contributed by atoms with Crippen molar-refractivity contribution >= 4 is 60.6 Å². The van der Waals surface area contributed by atoms with Gasteiger partial charge < -0.3 is 5.32 Å². The van der Waals surface area contributed by atoms with E-state index < -0.39 is 10.0 Å². The summed E-state index contributed by atoms with van der Waals surface area (Å²) in [5.74, 6) is 0.762. The van der Waals surface area contributed by atoms with Gasteiger partial charge in [-0.25, -0.2) is 13.4 Å². The Balaban J connectivity index is 1.39. The van der Waals surface area contributed by atoms with Crippen LogP contribution in [0.4, 0.5) is 5.82 Å². The molecule has 2 aromatic heterocycles. The fourth-order valence-electron chi connectivity index (χ4n) is 4.09. The minimum Gasteiger partial charge on any atom is -0.367 e. The van der Waals surface area contributed by atoms with E-state index in [1.165, 1.54) is 4.31 Å². The molecule has 7 nitrogen and oxygen atoms in total. The van der Waals surface area contributed by atoms with E-state index in [-0.39, 0.29) is 16.0 Å². The van der Waals surface area contributed by atoms with Crippen molar-refractivity contribution in [2.75, 3.05) is 18.4 Å². The van der Waals surface area contributed by atoms with Gasteiger partial charge in [-0.1, -0.05) is 53.5 Å². The molecule has 0 aliphatic carbocycles. The van der Waals surface area contributed by atoms with Gasteiger partial charge in [0, 0.05) is 35.8 Å². The second kappa shape index (κ2) is 9.47. The molecule has 1 fully saturated rings. The van der Waals surface area contributed by atoms with Gasteiger partial charge in [0.25, 0.3) is 0 Å². The fraction of sp³-hybridized carbons (Fsp3) is 0.217. The van der Waals surface area contributed by atoms with Crippen LogP contribution in [0.15, 0.2) is 70.2 Å². The number of anilines is 1. The van der Waals surface area contributed by atoms with Gasteiger partial charge in [0.2, 0.25) is 10.0 Å². The minimum atomic E-state index is -3.64. The standard InChI is InChI=1S/C23H20BrCl2N5O2S/c24-17-14-27-31-22(13-20(29-23(17)31)16-5-1-2-6-18(16)25)28-15-9-11-30(12-10-15)34(32,33)21-8-4-3-7-19(21)26/h1-8,13-15,28H,9-12H2. The van der Waals surface area contributed by atoms with E-state index in [1.54, 1.807) is 35.0 Å². The van der Waals surface area contributed by atoms with Crippen molar-refractivity contribution < 1.29 is 8.42 Å². The molecule has 1 N–H and O–H groups in total. The van der Waals surface area contributed by atoms with Crippen LogP contribution in [0.25, 0.3) is 16.9 Å². The molecule has 0 atom stereocenters. The van der Waals surface area contributed by atoms with Crippen molar-refractivity contribution in [1.29, 1.82) is 0 Å². The lowest BCUT2D eigenvalue weighted by Crippen LogP contribution is -2.42. The lowest BCUT2D eigenvalue weighted by molar-refractivity contribution is 0.329. The average Bonchev–Trinajstić information content (AvgIpc) is 3.21. The molecule has 3 heterocycles. The van der Waals surface area contributed by atoms with Crippen LogP contribution in [-0.2, 0) is 10.0 Å². The molecule has 0 saturated carbocycles. The molecular weight excluding hydrogens is 561 g/mol. The Bertz CT molecular complexity index is 1470. The molecule has 1 saturated heterocycles. The zero-order chi connectivity index (χ0) is 23.9. The molecule has 4 aromatic rings. The summed E-state index contributed by atoms with van der Waals surface area (Å²) in [5.41, 5.74) is 2.21. The monoisotopic (exact) mass is 579 g/mol. The van der Waals surface area contributed by atoms with Gasteiger partial charge in [-0.3, -0.25) is 0 Å². The van der Waals surface area contributed by atoms with Crippen LogP contribution in [0.5, 0.6) is 0 Å². The third-order valence-corrected chi connectivity index (χ3v) is 9.13. The number of fused-ring (bicyclic) bond motifs is 1. The fourth-order valence-corrected chi connectivity index (χ4v) is 6.63. The van der Waals surface area contributed by atoms with Gasteiger partial charge >= 0.3 is 0 Å². The minimum absolute atomic E-state index is 0.0605. The molecule has 2 aromatic carbocycles. The maximum atomic E-state index is 13.1. The van der Waals surface area contributed by atoms with Crippen molar-refractivity contribution in [2.24, 2.45) is 0 Å². The smallest absolute Gasteiger partial charge is 0.244 e. The van der Waals surface area contributed by atoms with Gasteiger partial charge in [-0.2, -0.15) is 13.9 Å². The van der Waals surface area contributed by atoms with Crippen LogP contribution >= 0.6 is 39.1 Å². The van der Waals surface area contributed by atoms with Crippen molar-refractivity contribution in [1.82, 2.24) is 18.9 Å². The lowest BCUT2D eigenvalue weighted by atomic mass is 10.1. The Kier molecular flexibility index (Phi) is 6.56. The lowest BCUT2D eigenvalue weighted by Gasteiger charge is -2.32. The van der Waals surface area contributed by atoms with Crippen LogP contribution in [0.3, 0.4) is 0 Å². The summed E-state index contributed by atoms with van der Waals surface area (Å²) in [7, 11) is -3.64. The Morgan fingerprint density at radius 2 is 1.68 bits per heavy atom. The number of nitrogens with zero attached hydrogens (tertiary/aromatic N) is 4. The van der Waals surface area contributed by atoms with Crippen molar-refractivity contribution in [3.05, 3.63) is 75.3 Å². The van der Waals surface area contributed by atoms with Gasteiger partial charge in [0.1, 0.15) is 10.7 Å². The summed E-state index contributed by atoms with van der Waals surface area (Å²) in [4.78, 5) is 4.88. The number of sulfonamides is 1. The first-order chi connectivity index (χ1) is 16.3. The number of hydrogen-bond acceptors (Lipinski definition) is 5. The van der Waals surface area contributed by atoms with E-state index in [4.69, 9.17) is 28.2 Å². The van der Waals surface area contributed by atoms with Crippen molar-refractivity contribution in [3.8, 4) is 11.3 Å². The van der Waals surface area contributed by atoms with E-state index in [1.807, 2.05) is 30.3 Å². The first kappa shape index (κ1) is 23.6. The van der Waals surface area contributed by atoms with Gasteiger partial charge in [-0.05, 0) is 47.0 Å². The van der Waals surface area contributed by atoms with Crippen LogP contribution in [-0.4, -0.2) is 46.5 Å². The number of hydrogen-bond donors (Lipinski definition) is 1. The van der Waals surface area contributed by atoms with Gasteiger partial charge in [0.05, 0.1) is 21.4 Å². The summed E-state index contributed by atoms with van der Waals surface area (Å²) in [6.45, 7) is 0.777. The maximum Gasteiger partial charge on any atom is 0.244 e. The van der Waals surface area contributed by atoms with Gasteiger partial charge in [-0.15, -0.1) is 0 Å². The topological polar surface area (TPSA) is 79.6 Å².